The minimum Gasteiger partial charge on any atom is -0.507 e. The fourth-order valence-electron chi connectivity index (χ4n) is 2.23. The van der Waals surface area contributed by atoms with Crippen LogP contribution >= 0.6 is 23.2 Å². The number of phenols is 1. The van der Waals surface area contributed by atoms with Crippen LogP contribution in [0.4, 0.5) is 5.69 Å². The molecule has 2 aromatic carbocycles. The van der Waals surface area contributed by atoms with Gasteiger partial charge in [-0.3, -0.25) is 9.59 Å². The van der Waals surface area contributed by atoms with E-state index in [9.17, 15) is 14.7 Å². The van der Waals surface area contributed by atoms with Crippen molar-refractivity contribution in [2.75, 3.05) is 5.32 Å². The Hall–Kier alpha value is -2.24. The monoisotopic (exact) mass is 380 g/mol. The second-order valence-corrected chi connectivity index (χ2v) is 6.73. The lowest BCUT2D eigenvalue weighted by atomic mass is 10.0. The van der Waals surface area contributed by atoms with Crippen molar-refractivity contribution in [1.82, 2.24) is 5.32 Å². The first kappa shape index (κ1) is 19.1. The summed E-state index contributed by atoms with van der Waals surface area (Å²) in [4.78, 5) is 24.9. The van der Waals surface area contributed by atoms with Crippen LogP contribution < -0.4 is 10.6 Å². The molecule has 2 rings (SSSR count). The number of aromatic hydroxyl groups is 1. The third kappa shape index (κ3) is 5.11. The number of anilines is 1. The number of benzene rings is 2. The highest BCUT2D eigenvalue weighted by Crippen LogP contribution is 2.22. The first-order valence-electron chi connectivity index (χ1n) is 7.63. The van der Waals surface area contributed by atoms with Crippen LogP contribution in [-0.4, -0.2) is 23.0 Å². The number of hydrogen-bond donors (Lipinski definition) is 3. The second kappa shape index (κ2) is 8.23. The average molecular weight is 381 g/mol. The molecule has 0 radical (unpaired) electrons. The predicted octanol–water partition coefficient (Wildman–Crippen LogP) is 4.09. The summed E-state index contributed by atoms with van der Waals surface area (Å²) in [5.41, 5.74) is 0.539. The molecule has 0 fully saturated rings. The Bertz CT molecular complexity index is 794. The fraction of sp³-hybridized carbons (Fsp3) is 0.222. The molecule has 3 N–H and O–H groups in total. The minimum absolute atomic E-state index is 0.00806. The first-order chi connectivity index (χ1) is 11.8. The van der Waals surface area contributed by atoms with Crippen molar-refractivity contribution >= 4 is 40.7 Å². The topological polar surface area (TPSA) is 78.4 Å². The van der Waals surface area contributed by atoms with Crippen LogP contribution in [-0.2, 0) is 4.79 Å². The number of nitrogens with one attached hydrogen (secondary N) is 2. The Balaban J connectivity index is 2.16. The van der Waals surface area contributed by atoms with Gasteiger partial charge in [-0.1, -0.05) is 43.1 Å². The standard InChI is InChI=1S/C18H18Cl2N2O3/c1-10(2)16(18(25)21-13-5-3-4-11(19)8-13)22-17(24)14-9-12(20)6-7-15(14)23/h3-10,16,23H,1-2H3,(H,21,25)(H,22,24)/t16-/m1/s1. The van der Waals surface area contributed by atoms with Crippen LogP contribution in [0.5, 0.6) is 5.75 Å². The third-order valence-corrected chi connectivity index (χ3v) is 4.00. The molecule has 7 heteroatoms. The van der Waals surface area contributed by atoms with Gasteiger partial charge in [0.25, 0.3) is 5.91 Å². The number of rotatable bonds is 5. The number of halogens is 2. The van der Waals surface area contributed by atoms with Gasteiger partial charge in [0.2, 0.25) is 5.91 Å². The van der Waals surface area contributed by atoms with Crippen LogP contribution in [0.15, 0.2) is 42.5 Å². The maximum atomic E-state index is 12.5. The van der Waals surface area contributed by atoms with Crippen LogP contribution in [0.25, 0.3) is 0 Å². The predicted molar refractivity (Wildman–Crippen MR) is 99.3 cm³/mol. The summed E-state index contributed by atoms with van der Waals surface area (Å²) in [7, 11) is 0. The molecule has 0 heterocycles. The zero-order valence-corrected chi connectivity index (χ0v) is 15.2. The maximum absolute atomic E-state index is 12.5. The molecule has 2 amide bonds. The highest BCUT2D eigenvalue weighted by atomic mass is 35.5. The molecule has 0 unspecified atom stereocenters. The number of carbonyl (C=O) groups is 2. The van der Waals surface area contributed by atoms with E-state index in [2.05, 4.69) is 10.6 Å². The van der Waals surface area contributed by atoms with E-state index in [1.54, 1.807) is 38.1 Å². The smallest absolute Gasteiger partial charge is 0.255 e. The van der Waals surface area contributed by atoms with Gasteiger partial charge in [-0.05, 0) is 42.3 Å². The molecular formula is C18H18Cl2N2O3. The Morgan fingerprint density at radius 2 is 1.72 bits per heavy atom. The Morgan fingerprint density at radius 1 is 1.04 bits per heavy atom. The second-order valence-electron chi connectivity index (χ2n) is 5.86. The van der Waals surface area contributed by atoms with E-state index in [1.807, 2.05) is 0 Å². The summed E-state index contributed by atoms with van der Waals surface area (Å²) in [5.74, 6) is -1.35. The van der Waals surface area contributed by atoms with Crippen molar-refractivity contribution in [3.05, 3.63) is 58.1 Å². The van der Waals surface area contributed by atoms with Gasteiger partial charge in [0.15, 0.2) is 0 Å². The fourth-order valence-corrected chi connectivity index (χ4v) is 2.59. The normalized spacial score (nSPS) is 11.9. The SMILES string of the molecule is CC(C)[C@@H](NC(=O)c1cc(Cl)ccc1O)C(=O)Nc1cccc(Cl)c1. The first-order valence-corrected chi connectivity index (χ1v) is 8.39. The summed E-state index contributed by atoms with van der Waals surface area (Å²) in [5, 5.41) is 16.0. The molecule has 0 saturated carbocycles. The van der Waals surface area contributed by atoms with E-state index in [4.69, 9.17) is 23.2 Å². The van der Waals surface area contributed by atoms with Crippen molar-refractivity contribution in [2.24, 2.45) is 5.92 Å². The Morgan fingerprint density at radius 3 is 2.36 bits per heavy atom. The van der Waals surface area contributed by atoms with Crippen molar-refractivity contribution < 1.29 is 14.7 Å². The number of hydrogen-bond acceptors (Lipinski definition) is 3. The van der Waals surface area contributed by atoms with E-state index >= 15 is 0 Å². The van der Waals surface area contributed by atoms with E-state index < -0.39 is 11.9 Å². The van der Waals surface area contributed by atoms with Crippen LogP contribution in [0.1, 0.15) is 24.2 Å². The largest absolute Gasteiger partial charge is 0.507 e. The molecule has 2 aromatic rings. The molecule has 0 aliphatic rings. The highest BCUT2D eigenvalue weighted by molar-refractivity contribution is 6.31. The van der Waals surface area contributed by atoms with Crippen LogP contribution in [0, 0.1) is 5.92 Å². The van der Waals surface area contributed by atoms with Crippen molar-refractivity contribution in [3.8, 4) is 5.75 Å². The maximum Gasteiger partial charge on any atom is 0.255 e. The summed E-state index contributed by atoms with van der Waals surface area (Å²) < 4.78 is 0. The molecule has 0 aromatic heterocycles. The number of carbonyl (C=O) groups excluding carboxylic acids is 2. The molecule has 0 bridgehead atoms. The van der Waals surface area contributed by atoms with E-state index in [0.717, 1.165) is 0 Å². The molecule has 0 aliphatic heterocycles. The summed E-state index contributed by atoms with van der Waals surface area (Å²) in [6.07, 6.45) is 0. The van der Waals surface area contributed by atoms with E-state index in [0.29, 0.717) is 15.7 Å². The molecular weight excluding hydrogens is 363 g/mol. The number of amides is 2. The summed E-state index contributed by atoms with van der Waals surface area (Å²) >= 11 is 11.8. The molecule has 0 saturated heterocycles. The van der Waals surface area contributed by atoms with Crippen molar-refractivity contribution in [1.29, 1.82) is 0 Å². The van der Waals surface area contributed by atoms with Gasteiger partial charge in [0.05, 0.1) is 5.56 Å². The third-order valence-electron chi connectivity index (χ3n) is 3.53. The highest BCUT2D eigenvalue weighted by Gasteiger charge is 2.26. The van der Waals surface area contributed by atoms with Crippen molar-refractivity contribution in [3.63, 3.8) is 0 Å². The van der Waals surface area contributed by atoms with Crippen LogP contribution in [0.2, 0.25) is 10.0 Å². The van der Waals surface area contributed by atoms with Gasteiger partial charge in [0.1, 0.15) is 11.8 Å². The summed E-state index contributed by atoms with van der Waals surface area (Å²) in [6.45, 7) is 3.61. The zero-order chi connectivity index (χ0) is 18.6. The van der Waals surface area contributed by atoms with Crippen molar-refractivity contribution in [2.45, 2.75) is 19.9 Å². The molecule has 5 nitrogen and oxygen atoms in total. The van der Waals surface area contributed by atoms with E-state index in [1.165, 1.54) is 18.2 Å². The lowest BCUT2D eigenvalue weighted by molar-refractivity contribution is -0.118. The van der Waals surface area contributed by atoms with E-state index in [-0.39, 0.29) is 23.1 Å². The Kier molecular flexibility index (Phi) is 6.28. The minimum atomic E-state index is -0.801. The quantitative estimate of drug-likeness (QED) is 0.730. The van der Waals surface area contributed by atoms with Gasteiger partial charge in [0, 0.05) is 15.7 Å². The van der Waals surface area contributed by atoms with Gasteiger partial charge in [-0.15, -0.1) is 0 Å². The summed E-state index contributed by atoms with van der Waals surface area (Å²) in [6, 6.07) is 10.1. The number of phenolic OH excluding ortho intramolecular Hbond substituents is 1. The molecule has 0 spiro atoms. The van der Waals surface area contributed by atoms with Gasteiger partial charge in [-0.25, -0.2) is 0 Å². The molecule has 1 atom stereocenters. The average Bonchev–Trinajstić information content (AvgIpc) is 2.54. The van der Waals surface area contributed by atoms with Gasteiger partial charge in [-0.2, -0.15) is 0 Å². The molecule has 25 heavy (non-hydrogen) atoms. The zero-order valence-electron chi connectivity index (χ0n) is 13.7. The Labute approximate surface area is 156 Å². The lowest BCUT2D eigenvalue weighted by Gasteiger charge is -2.22. The van der Waals surface area contributed by atoms with Crippen LogP contribution in [0.3, 0.4) is 0 Å². The lowest BCUT2D eigenvalue weighted by Crippen LogP contribution is -2.47. The molecule has 0 aliphatic carbocycles. The van der Waals surface area contributed by atoms with Gasteiger partial charge < -0.3 is 15.7 Å². The van der Waals surface area contributed by atoms with Gasteiger partial charge >= 0.3 is 0 Å². The molecule has 132 valence electrons.